The van der Waals surface area contributed by atoms with Gasteiger partial charge in [-0.1, -0.05) is 12.1 Å². The average molecular weight is 291 g/mol. The molecule has 1 fully saturated rings. The van der Waals surface area contributed by atoms with Gasteiger partial charge in [0.25, 0.3) is 0 Å². The molecular formula is C17H25NO3. The topological polar surface area (TPSA) is 38.8 Å². The summed E-state index contributed by atoms with van der Waals surface area (Å²) >= 11 is 0. The molecule has 1 aliphatic rings. The summed E-state index contributed by atoms with van der Waals surface area (Å²) < 4.78 is 10.4. The first-order valence-electron chi connectivity index (χ1n) is 7.56. The quantitative estimate of drug-likeness (QED) is 0.656. The number of ketones is 1. The van der Waals surface area contributed by atoms with Crippen molar-refractivity contribution in [3.05, 3.63) is 29.8 Å². The van der Waals surface area contributed by atoms with Crippen LogP contribution in [0.1, 0.15) is 30.1 Å². The van der Waals surface area contributed by atoms with Crippen LogP contribution in [0.2, 0.25) is 0 Å². The van der Waals surface area contributed by atoms with Gasteiger partial charge >= 0.3 is 0 Å². The van der Waals surface area contributed by atoms with Gasteiger partial charge in [-0.2, -0.15) is 0 Å². The fourth-order valence-electron chi connectivity index (χ4n) is 2.58. The van der Waals surface area contributed by atoms with Crippen molar-refractivity contribution in [2.75, 3.05) is 33.9 Å². The van der Waals surface area contributed by atoms with E-state index in [1.54, 1.807) is 20.3 Å². The zero-order valence-corrected chi connectivity index (χ0v) is 13.2. The van der Waals surface area contributed by atoms with Gasteiger partial charge in [0.15, 0.2) is 5.78 Å². The van der Waals surface area contributed by atoms with E-state index in [9.17, 15) is 4.79 Å². The lowest BCUT2D eigenvalue weighted by atomic mass is 10.1. The van der Waals surface area contributed by atoms with Crippen molar-refractivity contribution in [3.8, 4) is 5.75 Å². The highest BCUT2D eigenvalue weighted by molar-refractivity contribution is 5.98. The Kier molecular flexibility index (Phi) is 5.76. The second-order valence-electron chi connectivity index (χ2n) is 5.70. The van der Waals surface area contributed by atoms with Crippen LogP contribution in [0.5, 0.6) is 5.75 Å². The lowest BCUT2D eigenvalue weighted by molar-refractivity contribution is 0.0816. The summed E-state index contributed by atoms with van der Waals surface area (Å²) in [5.74, 6) is 1.59. The molecule has 0 radical (unpaired) electrons. The number of hydrogen-bond acceptors (Lipinski definition) is 4. The largest absolute Gasteiger partial charge is 0.497 e. The van der Waals surface area contributed by atoms with Gasteiger partial charge in [-0.05, 0) is 37.8 Å². The second kappa shape index (κ2) is 7.57. The van der Waals surface area contributed by atoms with Gasteiger partial charge in [0.05, 0.1) is 20.3 Å². The van der Waals surface area contributed by atoms with E-state index in [1.807, 2.05) is 18.2 Å². The minimum absolute atomic E-state index is 0.137. The molecule has 0 saturated heterocycles. The Morgan fingerprint density at radius 3 is 2.76 bits per heavy atom. The molecule has 0 N–H and O–H groups in total. The van der Waals surface area contributed by atoms with Crippen LogP contribution in [0.3, 0.4) is 0 Å². The Morgan fingerprint density at radius 2 is 2.14 bits per heavy atom. The normalized spacial score (nSPS) is 16.0. The molecule has 4 nitrogen and oxygen atoms in total. The molecule has 1 aliphatic carbocycles. The number of benzene rings is 1. The number of carbonyl (C=O) groups is 1. The van der Waals surface area contributed by atoms with Gasteiger partial charge in [-0.25, -0.2) is 0 Å². The van der Waals surface area contributed by atoms with E-state index in [2.05, 4.69) is 11.8 Å². The SMILES string of the molecule is COCCN(CC(=O)c1cccc(OC)c1)C(C)C1CC1. The van der Waals surface area contributed by atoms with Crippen molar-refractivity contribution in [1.29, 1.82) is 0 Å². The smallest absolute Gasteiger partial charge is 0.176 e. The molecule has 116 valence electrons. The van der Waals surface area contributed by atoms with Crippen LogP contribution in [0, 0.1) is 5.92 Å². The standard InChI is InChI=1S/C17H25NO3/c1-13(14-7-8-14)18(9-10-20-2)12-17(19)15-5-4-6-16(11-15)21-3/h4-6,11,13-14H,7-10,12H2,1-3H3. The Hall–Kier alpha value is -1.39. The predicted molar refractivity (Wildman–Crippen MR) is 83.0 cm³/mol. The molecular weight excluding hydrogens is 266 g/mol. The van der Waals surface area contributed by atoms with Crippen LogP contribution < -0.4 is 4.74 Å². The number of methoxy groups -OCH3 is 2. The zero-order valence-electron chi connectivity index (χ0n) is 13.2. The Balaban J connectivity index is 2.01. The van der Waals surface area contributed by atoms with Crippen LogP contribution in [-0.2, 0) is 4.74 Å². The van der Waals surface area contributed by atoms with Crippen LogP contribution in [0.4, 0.5) is 0 Å². The van der Waals surface area contributed by atoms with Gasteiger partial charge in [-0.3, -0.25) is 9.69 Å². The lowest BCUT2D eigenvalue weighted by Crippen LogP contribution is -2.40. The van der Waals surface area contributed by atoms with Crippen molar-refractivity contribution in [2.45, 2.75) is 25.8 Å². The molecule has 0 aliphatic heterocycles. The third-order valence-corrected chi connectivity index (χ3v) is 4.20. The summed E-state index contributed by atoms with van der Waals surface area (Å²) in [5.41, 5.74) is 0.708. The highest BCUT2D eigenvalue weighted by atomic mass is 16.5. The Labute approximate surface area is 127 Å². The monoisotopic (exact) mass is 291 g/mol. The second-order valence-corrected chi connectivity index (χ2v) is 5.70. The average Bonchev–Trinajstić information content (AvgIpc) is 3.35. The van der Waals surface area contributed by atoms with Crippen LogP contribution in [0.15, 0.2) is 24.3 Å². The molecule has 1 atom stereocenters. The maximum absolute atomic E-state index is 12.5. The van der Waals surface area contributed by atoms with E-state index in [4.69, 9.17) is 9.47 Å². The summed E-state index contributed by atoms with van der Waals surface area (Å²) in [6.07, 6.45) is 2.55. The lowest BCUT2D eigenvalue weighted by Gasteiger charge is -2.28. The van der Waals surface area contributed by atoms with Gasteiger partial charge in [0.2, 0.25) is 0 Å². The molecule has 1 saturated carbocycles. The maximum atomic E-state index is 12.5. The molecule has 0 aromatic heterocycles. The highest BCUT2D eigenvalue weighted by Crippen LogP contribution is 2.35. The van der Waals surface area contributed by atoms with Crippen molar-refractivity contribution < 1.29 is 14.3 Å². The molecule has 2 rings (SSSR count). The summed E-state index contributed by atoms with van der Waals surface area (Å²) in [5, 5.41) is 0. The van der Waals surface area contributed by atoms with E-state index in [-0.39, 0.29) is 5.78 Å². The summed E-state index contributed by atoms with van der Waals surface area (Å²) in [7, 11) is 3.31. The minimum Gasteiger partial charge on any atom is -0.497 e. The van der Waals surface area contributed by atoms with Crippen LogP contribution in [0.25, 0.3) is 0 Å². The molecule has 0 spiro atoms. The molecule has 0 amide bonds. The van der Waals surface area contributed by atoms with Gasteiger partial charge in [-0.15, -0.1) is 0 Å². The minimum atomic E-state index is 0.137. The maximum Gasteiger partial charge on any atom is 0.176 e. The Bertz CT molecular complexity index is 471. The van der Waals surface area contributed by atoms with E-state index < -0.39 is 0 Å². The van der Waals surface area contributed by atoms with E-state index in [0.717, 1.165) is 18.2 Å². The number of nitrogens with zero attached hydrogens (tertiary/aromatic N) is 1. The van der Waals surface area contributed by atoms with E-state index in [1.165, 1.54) is 12.8 Å². The first kappa shape index (κ1) is 16.0. The van der Waals surface area contributed by atoms with Gasteiger partial charge in [0.1, 0.15) is 5.75 Å². The van der Waals surface area contributed by atoms with Gasteiger partial charge in [0, 0.05) is 25.3 Å². The third-order valence-electron chi connectivity index (χ3n) is 4.20. The molecule has 1 aromatic rings. The number of carbonyl (C=O) groups excluding carboxylic acids is 1. The molecule has 21 heavy (non-hydrogen) atoms. The molecule has 1 unspecified atom stereocenters. The van der Waals surface area contributed by atoms with Gasteiger partial charge < -0.3 is 9.47 Å². The summed E-state index contributed by atoms with van der Waals surface area (Å²) in [6, 6.07) is 7.80. The van der Waals surface area contributed by atoms with E-state index in [0.29, 0.717) is 24.8 Å². The first-order valence-corrected chi connectivity index (χ1v) is 7.56. The fourth-order valence-corrected chi connectivity index (χ4v) is 2.58. The van der Waals surface area contributed by atoms with Crippen LogP contribution >= 0.6 is 0 Å². The number of rotatable bonds is 9. The molecule has 0 bridgehead atoms. The Morgan fingerprint density at radius 1 is 1.38 bits per heavy atom. The molecule has 0 heterocycles. The first-order chi connectivity index (χ1) is 10.2. The number of hydrogen-bond donors (Lipinski definition) is 0. The van der Waals surface area contributed by atoms with E-state index >= 15 is 0 Å². The van der Waals surface area contributed by atoms with Crippen molar-refractivity contribution >= 4 is 5.78 Å². The molecule has 1 aromatic carbocycles. The predicted octanol–water partition coefficient (Wildman–Crippen LogP) is 2.62. The molecule has 4 heteroatoms. The van der Waals surface area contributed by atoms with Crippen molar-refractivity contribution in [3.63, 3.8) is 0 Å². The number of Topliss-reactive ketones (excluding diaryl/α,β-unsaturated/α-hetero) is 1. The zero-order chi connectivity index (χ0) is 15.2. The fraction of sp³-hybridized carbons (Fsp3) is 0.588. The van der Waals surface area contributed by atoms with Crippen molar-refractivity contribution in [2.24, 2.45) is 5.92 Å². The summed E-state index contributed by atoms with van der Waals surface area (Å²) in [6.45, 7) is 4.10. The summed E-state index contributed by atoms with van der Waals surface area (Å²) in [4.78, 5) is 14.7. The van der Waals surface area contributed by atoms with Crippen LogP contribution in [-0.4, -0.2) is 50.6 Å². The number of ether oxygens (including phenoxy) is 2. The highest BCUT2D eigenvalue weighted by Gasteiger charge is 2.32. The van der Waals surface area contributed by atoms with Crippen molar-refractivity contribution in [1.82, 2.24) is 4.90 Å². The third kappa shape index (κ3) is 4.55.